The first-order chi connectivity index (χ1) is 11.5. The lowest BCUT2D eigenvalue weighted by Crippen LogP contribution is -2.38. The van der Waals surface area contributed by atoms with Gasteiger partial charge in [0.1, 0.15) is 17.9 Å². The first kappa shape index (κ1) is 16.0. The van der Waals surface area contributed by atoms with Crippen LogP contribution >= 0.6 is 0 Å². The number of ether oxygens (including phenoxy) is 1. The number of amides is 1. The van der Waals surface area contributed by atoms with Crippen LogP contribution in [-0.4, -0.2) is 49.8 Å². The molecule has 0 saturated heterocycles. The van der Waals surface area contributed by atoms with Gasteiger partial charge in [0.25, 0.3) is 5.91 Å². The van der Waals surface area contributed by atoms with E-state index in [9.17, 15) is 9.59 Å². The third-order valence-electron chi connectivity index (χ3n) is 3.94. The standard InChI is InChI=1S/C16H18N4O4/c1-10-5-12(6-11(2)15(10)24-8-14(21)22)16(23)19-3-4-20-13(7-19)17-9-18-20/h5-6,9H,3-4,7-8H2,1-2H3,(H,21,22). The number of carbonyl (C=O) groups excluding carboxylic acids is 1. The molecule has 2 aromatic rings. The highest BCUT2D eigenvalue weighted by molar-refractivity contribution is 5.95. The summed E-state index contributed by atoms with van der Waals surface area (Å²) >= 11 is 0. The largest absolute Gasteiger partial charge is 0.481 e. The molecule has 1 aromatic carbocycles. The molecule has 8 heteroatoms. The Hall–Kier alpha value is -2.90. The molecule has 0 unspecified atom stereocenters. The summed E-state index contributed by atoms with van der Waals surface area (Å²) < 4.78 is 7.09. The molecular weight excluding hydrogens is 312 g/mol. The highest BCUT2D eigenvalue weighted by Gasteiger charge is 2.24. The molecule has 8 nitrogen and oxygen atoms in total. The molecule has 1 N–H and O–H groups in total. The fourth-order valence-electron chi connectivity index (χ4n) is 2.85. The van der Waals surface area contributed by atoms with Crippen LogP contribution in [0.5, 0.6) is 5.75 Å². The maximum Gasteiger partial charge on any atom is 0.341 e. The number of carboxylic acid groups (broad SMARTS) is 1. The van der Waals surface area contributed by atoms with E-state index in [2.05, 4.69) is 10.1 Å². The first-order valence-electron chi connectivity index (χ1n) is 7.57. The smallest absolute Gasteiger partial charge is 0.341 e. The van der Waals surface area contributed by atoms with Gasteiger partial charge in [-0.3, -0.25) is 4.79 Å². The van der Waals surface area contributed by atoms with Crippen LogP contribution in [0.2, 0.25) is 0 Å². The molecule has 0 fully saturated rings. The quantitative estimate of drug-likeness (QED) is 0.899. The van der Waals surface area contributed by atoms with Crippen LogP contribution in [0, 0.1) is 13.8 Å². The minimum atomic E-state index is -1.04. The van der Waals surface area contributed by atoms with Gasteiger partial charge in [0.2, 0.25) is 0 Å². The van der Waals surface area contributed by atoms with Gasteiger partial charge in [-0.1, -0.05) is 0 Å². The normalized spacial score (nSPS) is 13.5. The molecule has 1 aliphatic heterocycles. The zero-order valence-corrected chi connectivity index (χ0v) is 13.5. The average molecular weight is 330 g/mol. The number of aromatic nitrogens is 3. The number of aryl methyl sites for hydroxylation is 2. The summed E-state index contributed by atoms with van der Waals surface area (Å²) in [6, 6.07) is 3.46. The van der Waals surface area contributed by atoms with Gasteiger partial charge in [-0.2, -0.15) is 5.10 Å². The fraction of sp³-hybridized carbons (Fsp3) is 0.375. The number of aliphatic carboxylic acids is 1. The molecule has 0 bridgehead atoms. The lowest BCUT2D eigenvalue weighted by Gasteiger charge is -2.27. The Labute approximate surface area is 138 Å². The number of rotatable bonds is 4. The van der Waals surface area contributed by atoms with Crippen LogP contribution in [0.4, 0.5) is 0 Å². The highest BCUT2D eigenvalue weighted by Crippen LogP contribution is 2.26. The number of hydrogen-bond acceptors (Lipinski definition) is 5. The SMILES string of the molecule is Cc1cc(C(=O)N2CCn3ncnc3C2)cc(C)c1OCC(=O)O. The Morgan fingerprint density at radius 1 is 1.25 bits per heavy atom. The number of fused-ring (bicyclic) bond motifs is 1. The topological polar surface area (TPSA) is 97.5 Å². The minimum absolute atomic E-state index is 0.0831. The van der Waals surface area contributed by atoms with E-state index >= 15 is 0 Å². The fourth-order valence-corrected chi connectivity index (χ4v) is 2.85. The predicted molar refractivity (Wildman–Crippen MR) is 83.8 cm³/mol. The summed E-state index contributed by atoms with van der Waals surface area (Å²) in [6.07, 6.45) is 1.49. The van der Waals surface area contributed by atoms with Gasteiger partial charge >= 0.3 is 5.97 Å². The molecule has 1 amide bonds. The Balaban J connectivity index is 1.80. The van der Waals surface area contributed by atoms with Crippen molar-refractivity contribution in [1.82, 2.24) is 19.7 Å². The monoisotopic (exact) mass is 330 g/mol. The molecule has 0 atom stereocenters. The van der Waals surface area contributed by atoms with Crippen molar-refractivity contribution in [2.24, 2.45) is 0 Å². The van der Waals surface area contributed by atoms with Crippen LogP contribution in [-0.2, 0) is 17.9 Å². The lowest BCUT2D eigenvalue weighted by molar-refractivity contribution is -0.139. The van der Waals surface area contributed by atoms with Gasteiger partial charge in [0.15, 0.2) is 6.61 Å². The van der Waals surface area contributed by atoms with E-state index in [1.807, 2.05) is 0 Å². The van der Waals surface area contributed by atoms with E-state index in [0.29, 0.717) is 30.9 Å². The van der Waals surface area contributed by atoms with Crippen molar-refractivity contribution in [3.05, 3.63) is 41.0 Å². The Bertz CT molecular complexity index is 776. The number of carboxylic acids is 1. The van der Waals surface area contributed by atoms with Crippen LogP contribution in [0.15, 0.2) is 18.5 Å². The van der Waals surface area contributed by atoms with E-state index in [-0.39, 0.29) is 5.91 Å². The maximum absolute atomic E-state index is 12.7. The van der Waals surface area contributed by atoms with Gasteiger partial charge in [-0.25, -0.2) is 14.5 Å². The summed E-state index contributed by atoms with van der Waals surface area (Å²) in [5.41, 5.74) is 2.03. The van der Waals surface area contributed by atoms with Crippen LogP contribution < -0.4 is 4.74 Å². The molecule has 1 aromatic heterocycles. The van der Waals surface area contributed by atoms with Crippen molar-refractivity contribution in [1.29, 1.82) is 0 Å². The highest BCUT2D eigenvalue weighted by atomic mass is 16.5. The zero-order chi connectivity index (χ0) is 17.3. The second kappa shape index (κ2) is 6.31. The summed E-state index contributed by atoms with van der Waals surface area (Å²) in [6.45, 7) is 4.82. The first-order valence-corrected chi connectivity index (χ1v) is 7.57. The Morgan fingerprint density at radius 3 is 2.62 bits per heavy atom. The molecule has 0 saturated carbocycles. The van der Waals surface area contributed by atoms with Gasteiger partial charge in [0, 0.05) is 12.1 Å². The van der Waals surface area contributed by atoms with E-state index in [1.165, 1.54) is 6.33 Å². The van der Waals surface area contributed by atoms with E-state index in [4.69, 9.17) is 9.84 Å². The third-order valence-corrected chi connectivity index (χ3v) is 3.94. The second-order valence-electron chi connectivity index (χ2n) is 5.75. The third kappa shape index (κ3) is 3.08. The van der Waals surface area contributed by atoms with Crippen molar-refractivity contribution in [3.63, 3.8) is 0 Å². The van der Waals surface area contributed by atoms with Crippen molar-refractivity contribution in [3.8, 4) is 5.75 Å². The molecule has 0 aliphatic carbocycles. The summed E-state index contributed by atoms with van der Waals surface area (Å²) in [5.74, 6) is 0.156. The average Bonchev–Trinajstić information content (AvgIpc) is 3.00. The molecule has 1 aliphatic rings. The molecule has 0 spiro atoms. The Kier molecular flexibility index (Phi) is 4.20. The molecule has 0 radical (unpaired) electrons. The van der Waals surface area contributed by atoms with E-state index < -0.39 is 12.6 Å². The van der Waals surface area contributed by atoms with E-state index in [1.54, 1.807) is 35.6 Å². The van der Waals surface area contributed by atoms with Gasteiger partial charge in [0.05, 0.1) is 13.1 Å². The van der Waals surface area contributed by atoms with Crippen molar-refractivity contribution in [2.45, 2.75) is 26.9 Å². The zero-order valence-electron chi connectivity index (χ0n) is 13.5. The second-order valence-corrected chi connectivity index (χ2v) is 5.75. The van der Waals surface area contributed by atoms with Gasteiger partial charge in [-0.05, 0) is 37.1 Å². The van der Waals surface area contributed by atoms with Crippen LogP contribution in [0.25, 0.3) is 0 Å². The number of benzene rings is 1. The predicted octanol–water partition coefficient (Wildman–Crippen LogP) is 1.01. The van der Waals surface area contributed by atoms with E-state index in [0.717, 1.165) is 17.0 Å². The lowest BCUT2D eigenvalue weighted by atomic mass is 10.0. The van der Waals surface area contributed by atoms with Gasteiger partial charge < -0.3 is 14.7 Å². The number of nitrogens with zero attached hydrogens (tertiary/aromatic N) is 4. The summed E-state index contributed by atoms with van der Waals surface area (Å²) in [7, 11) is 0. The molecular formula is C16H18N4O4. The summed E-state index contributed by atoms with van der Waals surface area (Å²) in [4.78, 5) is 29.3. The number of carbonyl (C=O) groups is 2. The molecule has 126 valence electrons. The maximum atomic E-state index is 12.7. The summed E-state index contributed by atoms with van der Waals surface area (Å²) in [5, 5.41) is 12.8. The minimum Gasteiger partial charge on any atom is -0.481 e. The Morgan fingerprint density at radius 2 is 1.96 bits per heavy atom. The van der Waals surface area contributed by atoms with Gasteiger partial charge in [-0.15, -0.1) is 0 Å². The van der Waals surface area contributed by atoms with Crippen molar-refractivity contribution >= 4 is 11.9 Å². The molecule has 24 heavy (non-hydrogen) atoms. The van der Waals surface area contributed by atoms with Crippen molar-refractivity contribution in [2.75, 3.05) is 13.2 Å². The number of hydrogen-bond donors (Lipinski definition) is 1. The van der Waals surface area contributed by atoms with Crippen molar-refractivity contribution < 1.29 is 19.4 Å². The molecule has 3 rings (SSSR count). The van der Waals surface area contributed by atoms with Crippen LogP contribution in [0.1, 0.15) is 27.3 Å². The van der Waals surface area contributed by atoms with Crippen LogP contribution in [0.3, 0.4) is 0 Å². The molecule has 2 heterocycles.